The molecule has 0 radical (unpaired) electrons. The number of hydrogen-bond acceptors (Lipinski definition) is 5. The fraction of sp³-hybridized carbons (Fsp3) is 0.583. The van der Waals surface area contributed by atoms with Crippen LogP contribution in [0.25, 0.3) is 0 Å². The highest BCUT2D eigenvalue weighted by atomic mass is 35.5. The molecule has 0 bridgehead atoms. The van der Waals surface area contributed by atoms with Crippen LogP contribution in [0, 0.1) is 0 Å². The van der Waals surface area contributed by atoms with E-state index in [-0.39, 0.29) is 12.5 Å². The maximum atomic E-state index is 11.7. The third kappa shape index (κ3) is 4.55. The summed E-state index contributed by atoms with van der Waals surface area (Å²) in [6, 6.07) is 0. The van der Waals surface area contributed by atoms with E-state index in [1.165, 1.54) is 4.90 Å². The van der Waals surface area contributed by atoms with Crippen molar-refractivity contribution in [3.05, 3.63) is 11.2 Å². The smallest absolute Gasteiger partial charge is 0.241 e. The van der Waals surface area contributed by atoms with E-state index in [0.717, 1.165) is 13.0 Å². The van der Waals surface area contributed by atoms with Gasteiger partial charge in [-0.25, -0.2) is 4.98 Å². The zero-order valence-electron chi connectivity index (χ0n) is 11.8. The van der Waals surface area contributed by atoms with Crippen LogP contribution in [0.15, 0.2) is 6.20 Å². The summed E-state index contributed by atoms with van der Waals surface area (Å²) < 4.78 is 0. The molecule has 0 unspecified atom stereocenters. The predicted molar refractivity (Wildman–Crippen MR) is 77.8 cm³/mol. The Kier molecular flexibility index (Phi) is 5.82. The van der Waals surface area contributed by atoms with Crippen LogP contribution in [0.1, 0.15) is 13.3 Å². The highest BCUT2D eigenvalue weighted by molar-refractivity contribution is 6.32. The molecule has 1 rings (SSSR count). The molecule has 0 aliphatic heterocycles. The van der Waals surface area contributed by atoms with E-state index in [4.69, 9.17) is 11.6 Å². The van der Waals surface area contributed by atoms with Crippen molar-refractivity contribution in [3.8, 4) is 0 Å². The molecule has 0 atom stereocenters. The van der Waals surface area contributed by atoms with Gasteiger partial charge in [0.15, 0.2) is 5.82 Å². The summed E-state index contributed by atoms with van der Waals surface area (Å²) in [7, 11) is 5.21. The van der Waals surface area contributed by atoms with Crippen LogP contribution in [0.2, 0.25) is 5.02 Å². The molecule has 106 valence electrons. The molecule has 7 heteroatoms. The molecule has 1 N–H and O–H groups in total. The van der Waals surface area contributed by atoms with Crippen molar-refractivity contribution in [2.24, 2.45) is 0 Å². The Hall–Kier alpha value is -1.56. The number of anilines is 2. The highest BCUT2D eigenvalue weighted by Crippen LogP contribution is 2.22. The molecule has 1 aromatic rings. The fourth-order valence-electron chi connectivity index (χ4n) is 1.37. The minimum Gasteiger partial charge on any atom is -0.354 e. The van der Waals surface area contributed by atoms with E-state index in [0.29, 0.717) is 16.8 Å². The van der Waals surface area contributed by atoms with E-state index >= 15 is 0 Å². The van der Waals surface area contributed by atoms with Crippen LogP contribution in [0.3, 0.4) is 0 Å². The van der Waals surface area contributed by atoms with Gasteiger partial charge in [-0.3, -0.25) is 4.79 Å². The SMILES string of the molecule is CCCNc1ncc(Cl)c(N(C)CC(=O)N(C)C)n1. The molecule has 0 fully saturated rings. The largest absolute Gasteiger partial charge is 0.354 e. The van der Waals surface area contributed by atoms with Crippen molar-refractivity contribution in [2.75, 3.05) is 44.4 Å². The molecule has 0 aromatic carbocycles. The fourth-order valence-corrected chi connectivity index (χ4v) is 1.60. The van der Waals surface area contributed by atoms with Gasteiger partial charge in [0.25, 0.3) is 0 Å². The minimum atomic E-state index is -0.0137. The Morgan fingerprint density at radius 2 is 2.11 bits per heavy atom. The van der Waals surface area contributed by atoms with Gasteiger partial charge in [0.05, 0.1) is 12.7 Å². The van der Waals surface area contributed by atoms with Crippen LogP contribution in [-0.2, 0) is 4.79 Å². The summed E-state index contributed by atoms with van der Waals surface area (Å²) in [6.45, 7) is 3.07. The van der Waals surface area contributed by atoms with Gasteiger partial charge in [-0.2, -0.15) is 4.98 Å². The van der Waals surface area contributed by atoms with Crippen molar-refractivity contribution in [2.45, 2.75) is 13.3 Å². The van der Waals surface area contributed by atoms with Crippen LogP contribution in [0.4, 0.5) is 11.8 Å². The number of likely N-dealkylation sites (N-methyl/N-ethyl adjacent to an activating group) is 2. The maximum Gasteiger partial charge on any atom is 0.241 e. The van der Waals surface area contributed by atoms with Gasteiger partial charge in [-0.1, -0.05) is 18.5 Å². The number of hydrogen-bond donors (Lipinski definition) is 1. The lowest BCUT2D eigenvalue weighted by molar-refractivity contribution is -0.127. The number of nitrogens with one attached hydrogen (secondary N) is 1. The van der Waals surface area contributed by atoms with Crippen LogP contribution in [-0.4, -0.2) is 55.0 Å². The molecule has 19 heavy (non-hydrogen) atoms. The number of nitrogens with zero attached hydrogens (tertiary/aromatic N) is 4. The molecule has 1 amide bonds. The van der Waals surface area contributed by atoms with Gasteiger partial charge in [0.2, 0.25) is 11.9 Å². The normalized spacial score (nSPS) is 10.2. The quantitative estimate of drug-likeness (QED) is 0.858. The Morgan fingerprint density at radius 3 is 2.68 bits per heavy atom. The number of aromatic nitrogens is 2. The van der Waals surface area contributed by atoms with Crippen LogP contribution < -0.4 is 10.2 Å². The topological polar surface area (TPSA) is 61.4 Å². The lowest BCUT2D eigenvalue weighted by Crippen LogP contribution is -2.35. The van der Waals surface area contributed by atoms with Gasteiger partial charge in [0, 0.05) is 27.7 Å². The lowest BCUT2D eigenvalue weighted by Gasteiger charge is -2.21. The van der Waals surface area contributed by atoms with E-state index in [2.05, 4.69) is 22.2 Å². The molecule has 6 nitrogen and oxygen atoms in total. The van der Waals surface area contributed by atoms with Crippen LogP contribution >= 0.6 is 11.6 Å². The summed E-state index contributed by atoms with van der Waals surface area (Å²) >= 11 is 6.07. The summed E-state index contributed by atoms with van der Waals surface area (Å²) in [5.74, 6) is 1.05. The van der Waals surface area contributed by atoms with Crippen LogP contribution in [0.5, 0.6) is 0 Å². The van der Waals surface area contributed by atoms with Gasteiger partial charge in [-0.05, 0) is 6.42 Å². The van der Waals surface area contributed by atoms with E-state index in [1.807, 2.05) is 0 Å². The summed E-state index contributed by atoms with van der Waals surface area (Å²) in [5.41, 5.74) is 0. The second kappa shape index (κ2) is 7.13. The molecule has 0 saturated heterocycles. The molecular weight excluding hydrogens is 266 g/mol. The number of amides is 1. The van der Waals surface area contributed by atoms with Gasteiger partial charge >= 0.3 is 0 Å². The van der Waals surface area contributed by atoms with E-state index in [9.17, 15) is 4.79 Å². The van der Waals surface area contributed by atoms with E-state index in [1.54, 1.807) is 32.2 Å². The molecule has 0 aliphatic carbocycles. The maximum absolute atomic E-state index is 11.7. The molecule has 1 aromatic heterocycles. The van der Waals surface area contributed by atoms with Gasteiger partial charge in [0.1, 0.15) is 5.02 Å². The number of rotatable bonds is 6. The Balaban J connectivity index is 2.82. The molecule has 0 saturated carbocycles. The standard InChI is InChI=1S/C12H20ClN5O/c1-5-6-14-12-15-7-9(13)11(16-12)18(4)8-10(19)17(2)3/h7H,5-6,8H2,1-4H3,(H,14,15,16). The average molecular weight is 286 g/mol. The minimum absolute atomic E-state index is 0.0137. The zero-order valence-corrected chi connectivity index (χ0v) is 12.5. The zero-order chi connectivity index (χ0) is 14.4. The number of carbonyl (C=O) groups is 1. The number of carbonyl (C=O) groups excluding carboxylic acids is 1. The molecule has 1 heterocycles. The van der Waals surface area contributed by atoms with Crippen molar-refractivity contribution in [1.29, 1.82) is 0 Å². The Labute approximate surface area is 118 Å². The monoisotopic (exact) mass is 285 g/mol. The summed E-state index contributed by atoms with van der Waals surface area (Å²) in [6.07, 6.45) is 2.52. The van der Waals surface area contributed by atoms with Crippen molar-refractivity contribution >= 4 is 29.3 Å². The molecular formula is C12H20ClN5O. The third-order valence-corrected chi connectivity index (χ3v) is 2.76. The van der Waals surface area contributed by atoms with Gasteiger partial charge < -0.3 is 15.1 Å². The molecule has 0 spiro atoms. The summed E-state index contributed by atoms with van der Waals surface area (Å²) in [4.78, 5) is 23.3. The first-order valence-electron chi connectivity index (χ1n) is 6.13. The summed E-state index contributed by atoms with van der Waals surface area (Å²) in [5, 5.41) is 3.52. The van der Waals surface area contributed by atoms with E-state index < -0.39 is 0 Å². The van der Waals surface area contributed by atoms with Crippen molar-refractivity contribution < 1.29 is 4.79 Å². The number of halogens is 1. The second-order valence-electron chi connectivity index (χ2n) is 4.44. The Morgan fingerprint density at radius 1 is 1.42 bits per heavy atom. The Bertz CT molecular complexity index is 438. The first-order chi connectivity index (χ1) is 8.95. The van der Waals surface area contributed by atoms with Gasteiger partial charge in [-0.15, -0.1) is 0 Å². The first-order valence-corrected chi connectivity index (χ1v) is 6.51. The predicted octanol–water partition coefficient (Wildman–Crippen LogP) is 1.48. The molecule has 0 aliphatic rings. The second-order valence-corrected chi connectivity index (χ2v) is 4.84. The van der Waals surface area contributed by atoms with Crippen molar-refractivity contribution in [3.63, 3.8) is 0 Å². The van der Waals surface area contributed by atoms with Crippen molar-refractivity contribution in [1.82, 2.24) is 14.9 Å². The first kappa shape index (κ1) is 15.5. The average Bonchev–Trinajstić information content (AvgIpc) is 2.37. The highest BCUT2D eigenvalue weighted by Gasteiger charge is 2.14. The third-order valence-electron chi connectivity index (χ3n) is 2.49. The lowest BCUT2D eigenvalue weighted by atomic mass is 10.4.